The van der Waals surface area contributed by atoms with Gasteiger partial charge in [-0.25, -0.2) is 4.57 Å². The Labute approximate surface area is 413 Å². The van der Waals surface area contributed by atoms with Crippen molar-refractivity contribution in [2.24, 2.45) is 5.73 Å². The summed E-state index contributed by atoms with van der Waals surface area (Å²) in [7, 11) is -4.62. The lowest BCUT2D eigenvalue weighted by Gasteiger charge is -2.20. The quantitative estimate of drug-likeness (QED) is 0.0232. The first-order valence-electron chi connectivity index (χ1n) is 28.4. The van der Waals surface area contributed by atoms with Crippen molar-refractivity contribution < 1.29 is 42.7 Å². The summed E-state index contributed by atoms with van der Waals surface area (Å²) in [5.74, 6) is -1.77. The number of allylic oxidation sites excluding steroid dienone is 4. The van der Waals surface area contributed by atoms with Crippen LogP contribution in [0.1, 0.15) is 284 Å². The number of carbonyl (C=O) groups is 2. The van der Waals surface area contributed by atoms with E-state index in [0.29, 0.717) is 13.0 Å². The van der Waals surface area contributed by atoms with Crippen molar-refractivity contribution in [3.8, 4) is 0 Å². The van der Waals surface area contributed by atoms with E-state index in [1.54, 1.807) is 0 Å². The number of phosphoric ester groups is 1. The summed E-state index contributed by atoms with van der Waals surface area (Å²) in [6, 6.07) is -1.47. The Morgan fingerprint density at radius 3 is 1.21 bits per heavy atom. The molecule has 0 spiro atoms. The highest BCUT2D eigenvalue weighted by Gasteiger charge is 2.27. The molecule has 0 aromatic carbocycles. The van der Waals surface area contributed by atoms with Gasteiger partial charge in [0.1, 0.15) is 12.1 Å². The van der Waals surface area contributed by atoms with Gasteiger partial charge < -0.3 is 25.2 Å². The van der Waals surface area contributed by atoms with Crippen molar-refractivity contribution in [3.63, 3.8) is 0 Å². The summed E-state index contributed by atoms with van der Waals surface area (Å²) in [5.41, 5.74) is 5.39. The maximum atomic E-state index is 12.7. The third-order valence-corrected chi connectivity index (χ3v) is 13.7. The Morgan fingerprint density at radius 2 is 0.821 bits per heavy atom. The van der Waals surface area contributed by atoms with E-state index in [0.717, 1.165) is 44.9 Å². The van der Waals surface area contributed by atoms with E-state index in [9.17, 15) is 19.0 Å². The van der Waals surface area contributed by atoms with Crippen LogP contribution in [0.2, 0.25) is 0 Å². The monoisotopic (exact) mass is 970 g/mol. The van der Waals surface area contributed by atoms with Gasteiger partial charge in [0.2, 0.25) is 0 Å². The summed E-state index contributed by atoms with van der Waals surface area (Å²) >= 11 is 0. The van der Waals surface area contributed by atoms with Gasteiger partial charge in [-0.1, -0.05) is 256 Å². The van der Waals surface area contributed by atoms with Crippen LogP contribution in [-0.4, -0.2) is 60.5 Å². The largest absolute Gasteiger partial charge is 0.480 e. The van der Waals surface area contributed by atoms with Crippen molar-refractivity contribution in [2.75, 3.05) is 26.4 Å². The molecule has 0 radical (unpaired) electrons. The van der Waals surface area contributed by atoms with E-state index in [4.69, 9.17) is 29.4 Å². The molecule has 67 heavy (non-hydrogen) atoms. The maximum absolute atomic E-state index is 12.7. The fourth-order valence-corrected chi connectivity index (χ4v) is 9.12. The third-order valence-electron chi connectivity index (χ3n) is 12.7. The highest BCUT2D eigenvalue weighted by molar-refractivity contribution is 7.47. The molecule has 0 bridgehead atoms. The molecule has 11 heteroatoms. The predicted octanol–water partition coefficient (Wildman–Crippen LogP) is 17.0. The minimum Gasteiger partial charge on any atom is -0.480 e. The average molecular weight is 970 g/mol. The lowest BCUT2D eigenvalue weighted by Crippen LogP contribution is -2.34. The lowest BCUT2D eigenvalue weighted by atomic mass is 10.0. The predicted molar refractivity (Wildman–Crippen MR) is 282 cm³/mol. The van der Waals surface area contributed by atoms with Crippen molar-refractivity contribution >= 4 is 19.8 Å². The Hall–Kier alpha value is -1.55. The summed E-state index contributed by atoms with van der Waals surface area (Å²) in [4.78, 5) is 33.8. The van der Waals surface area contributed by atoms with E-state index in [1.807, 2.05) is 0 Å². The Bertz CT molecular complexity index is 1170. The van der Waals surface area contributed by atoms with Crippen molar-refractivity contribution in [3.05, 3.63) is 24.3 Å². The van der Waals surface area contributed by atoms with Crippen molar-refractivity contribution in [1.82, 2.24) is 0 Å². The van der Waals surface area contributed by atoms with Crippen LogP contribution in [0.3, 0.4) is 0 Å². The smallest absolute Gasteiger partial charge is 0.472 e. The molecule has 0 fully saturated rings. The molecule has 396 valence electrons. The molecule has 0 saturated heterocycles. The van der Waals surface area contributed by atoms with Gasteiger partial charge in [0.05, 0.1) is 19.8 Å². The molecule has 0 saturated carbocycles. The molecule has 0 heterocycles. The fourth-order valence-electron chi connectivity index (χ4n) is 8.34. The molecule has 3 unspecified atom stereocenters. The van der Waals surface area contributed by atoms with Gasteiger partial charge in [-0.05, 0) is 44.9 Å². The second kappa shape index (κ2) is 52.3. The average Bonchev–Trinajstić information content (AvgIpc) is 3.31. The van der Waals surface area contributed by atoms with Crippen LogP contribution >= 0.6 is 7.82 Å². The van der Waals surface area contributed by atoms with Crippen molar-refractivity contribution in [1.29, 1.82) is 0 Å². The standard InChI is InChI=1S/C56H108NO9P/c1-3-5-7-9-11-13-15-17-19-21-23-25-27-28-30-32-34-36-38-40-42-44-46-48-55(58)66-53(51-64-67(61,62)65-52-54(57)56(59)60)50-63-49-47-45-43-41-39-37-35-33-31-29-26-24-22-20-18-16-14-12-10-8-6-4-2/h15,17,21,23,53-54H,3-14,16,18-20,22,24-52,57H2,1-2H3,(H,59,60)(H,61,62)/b17-15-,23-21-. The van der Waals surface area contributed by atoms with Gasteiger partial charge in [-0.2, -0.15) is 0 Å². The van der Waals surface area contributed by atoms with Gasteiger partial charge in [0, 0.05) is 13.0 Å². The summed E-state index contributed by atoms with van der Waals surface area (Å²) in [6.07, 6.45) is 61.0. The first kappa shape index (κ1) is 65.5. The van der Waals surface area contributed by atoms with E-state index in [1.165, 1.54) is 212 Å². The molecule has 3 atom stereocenters. The summed E-state index contributed by atoms with van der Waals surface area (Å²) < 4.78 is 33.6. The van der Waals surface area contributed by atoms with Gasteiger partial charge in [0.15, 0.2) is 0 Å². The van der Waals surface area contributed by atoms with Gasteiger partial charge in [-0.15, -0.1) is 0 Å². The van der Waals surface area contributed by atoms with Crippen LogP contribution in [0.15, 0.2) is 24.3 Å². The normalized spacial score (nSPS) is 13.7. The number of unbranched alkanes of at least 4 members (excludes halogenated alkanes) is 37. The molecule has 0 aliphatic rings. The van der Waals surface area contributed by atoms with Gasteiger partial charge in [0.25, 0.3) is 0 Å². The first-order chi connectivity index (χ1) is 32.7. The number of carbonyl (C=O) groups excluding carboxylic acids is 1. The van der Waals surface area contributed by atoms with Crippen LogP contribution in [0.5, 0.6) is 0 Å². The highest BCUT2D eigenvalue weighted by Crippen LogP contribution is 2.43. The molecule has 0 aromatic rings. The number of carboxylic acid groups (broad SMARTS) is 1. The van der Waals surface area contributed by atoms with E-state index < -0.39 is 45.1 Å². The zero-order chi connectivity index (χ0) is 49.0. The number of esters is 1. The molecule has 4 N–H and O–H groups in total. The number of nitrogens with two attached hydrogens (primary N) is 1. The number of hydrogen-bond acceptors (Lipinski definition) is 8. The Kier molecular flexibility index (Phi) is 51.1. The van der Waals surface area contributed by atoms with Crippen molar-refractivity contribution in [2.45, 2.75) is 296 Å². The third kappa shape index (κ3) is 52.1. The van der Waals surface area contributed by atoms with E-state index in [-0.39, 0.29) is 13.0 Å². The molecular formula is C56H108NO9P. The zero-order valence-corrected chi connectivity index (χ0v) is 44.7. The molecule has 0 aliphatic carbocycles. The molecular weight excluding hydrogens is 862 g/mol. The van der Waals surface area contributed by atoms with Gasteiger partial charge >= 0.3 is 19.8 Å². The van der Waals surface area contributed by atoms with E-state index >= 15 is 0 Å². The molecule has 10 nitrogen and oxygen atoms in total. The maximum Gasteiger partial charge on any atom is 0.472 e. The van der Waals surface area contributed by atoms with Crippen LogP contribution in [0, 0.1) is 0 Å². The summed E-state index contributed by atoms with van der Waals surface area (Å²) in [5, 5.41) is 8.95. The number of ether oxygens (including phenoxy) is 2. The molecule has 0 rings (SSSR count). The van der Waals surface area contributed by atoms with E-state index in [2.05, 4.69) is 38.2 Å². The van der Waals surface area contributed by atoms with Crippen LogP contribution in [0.25, 0.3) is 0 Å². The molecule has 0 aromatic heterocycles. The van der Waals surface area contributed by atoms with Crippen LogP contribution < -0.4 is 5.73 Å². The second-order valence-electron chi connectivity index (χ2n) is 19.4. The summed E-state index contributed by atoms with van der Waals surface area (Å²) in [6.45, 7) is 3.94. The lowest BCUT2D eigenvalue weighted by molar-refractivity contribution is -0.154. The number of carboxylic acids is 1. The Balaban J connectivity index is 4.05. The number of aliphatic carboxylic acids is 1. The van der Waals surface area contributed by atoms with Gasteiger partial charge in [-0.3, -0.25) is 18.6 Å². The minimum absolute atomic E-state index is 0.0217. The molecule has 0 amide bonds. The highest BCUT2D eigenvalue weighted by atomic mass is 31.2. The SMILES string of the molecule is CCCCCCC/C=C\C/C=C\CCCCCCCCCCCCCC(=O)OC(COCCCCCCCCCCCCCCCCCCCCCCCC)COP(=O)(O)OCC(N)C(=O)O. The second-order valence-corrected chi connectivity index (χ2v) is 20.9. The number of hydrogen-bond donors (Lipinski definition) is 3. The van der Waals surface area contributed by atoms with Crippen LogP contribution in [-0.2, 0) is 32.7 Å². The first-order valence-corrected chi connectivity index (χ1v) is 29.9. The minimum atomic E-state index is -4.62. The number of phosphoric acid groups is 1. The van der Waals surface area contributed by atoms with Crippen LogP contribution in [0.4, 0.5) is 0 Å². The fraction of sp³-hybridized carbons (Fsp3) is 0.893. The zero-order valence-electron chi connectivity index (χ0n) is 43.8. The molecule has 0 aliphatic heterocycles. The Morgan fingerprint density at radius 1 is 0.478 bits per heavy atom. The number of rotatable bonds is 55. The topological polar surface area (TPSA) is 155 Å².